The molecule has 0 aliphatic carbocycles. The van der Waals surface area contributed by atoms with Crippen LogP contribution in [0.5, 0.6) is 0 Å². The first kappa shape index (κ1) is 16.0. The highest BCUT2D eigenvalue weighted by atomic mass is 35.5. The first-order valence-electron chi connectivity index (χ1n) is 7.02. The van der Waals surface area contributed by atoms with Gasteiger partial charge in [-0.1, -0.05) is 24.9 Å². The van der Waals surface area contributed by atoms with Crippen molar-refractivity contribution in [1.82, 2.24) is 9.55 Å². The topological polar surface area (TPSA) is 54.9 Å². The number of aromatic nitrogens is 2. The molecule has 0 radical (unpaired) electrons. The number of rotatable bonds is 5. The zero-order valence-corrected chi connectivity index (χ0v) is 14.0. The summed E-state index contributed by atoms with van der Waals surface area (Å²) in [6, 6.07) is 3.88. The average Bonchev–Trinajstić information content (AvgIpc) is 2.79. The minimum atomic E-state index is -0.439. The molecule has 1 unspecified atom stereocenters. The molecule has 0 aromatic carbocycles. The summed E-state index contributed by atoms with van der Waals surface area (Å²) in [5, 5.41) is 0.169. The number of hydrogen-bond donors (Lipinski definition) is 1. The Bertz CT molecular complexity index is 745. The number of H-pyrrole nitrogens is 1. The van der Waals surface area contributed by atoms with Crippen LogP contribution in [0.4, 0.5) is 0 Å². The van der Waals surface area contributed by atoms with Gasteiger partial charge in [0.1, 0.15) is 5.15 Å². The number of hydrogen-bond acceptors (Lipinski definition) is 3. The Morgan fingerprint density at radius 1 is 1.38 bits per heavy atom. The number of aromatic amines is 1. The number of nitrogens with zero attached hydrogens (tertiary/aromatic N) is 1. The summed E-state index contributed by atoms with van der Waals surface area (Å²) in [5.41, 5.74) is -0.218. The van der Waals surface area contributed by atoms with E-state index in [4.69, 9.17) is 11.6 Å². The van der Waals surface area contributed by atoms with E-state index in [1.54, 1.807) is 11.3 Å². The van der Waals surface area contributed by atoms with Gasteiger partial charge in [-0.3, -0.25) is 14.3 Å². The molecule has 0 amide bonds. The lowest BCUT2D eigenvalue weighted by atomic mass is 10.1. The minimum absolute atomic E-state index is 0.169. The highest BCUT2D eigenvalue weighted by Crippen LogP contribution is 2.20. The van der Waals surface area contributed by atoms with E-state index >= 15 is 0 Å². The van der Waals surface area contributed by atoms with Gasteiger partial charge in [-0.2, -0.15) is 0 Å². The average molecular weight is 327 g/mol. The van der Waals surface area contributed by atoms with Crippen LogP contribution in [0.2, 0.25) is 5.15 Å². The third-order valence-corrected chi connectivity index (χ3v) is 4.76. The number of halogens is 1. The highest BCUT2D eigenvalue weighted by Gasteiger charge is 2.17. The zero-order valence-electron chi connectivity index (χ0n) is 12.4. The first-order chi connectivity index (χ1) is 9.93. The van der Waals surface area contributed by atoms with Gasteiger partial charge in [0, 0.05) is 22.2 Å². The molecule has 0 saturated carbocycles. The quantitative estimate of drug-likeness (QED) is 0.857. The Hall–Kier alpha value is -1.33. The van der Waals surface area contributed by atoms with Crippen LogP contribution in [0.25, 0.3) is 0 Å². The van der Waals surface area contributed by atoms with Gasteiger partial charge in [-0.25, -0.2) is 4.79 Å². The smallest absolute Gasteiger partial charge is 0.297 e. The van der Waals surface area contributed by atoms with Crippen molar-refractivity contribution in [2.45, 2.75) is 46.1 Å². The van der Waals surface area contributed by atoms with Crippen molar-refractivity contribution >= 4 is 22.9 Å². The molecule has 1 atom stereocenters. The second-order valence-corrected chi connectivity index (χ2v) is 6.96. The van der Waals surface area contributed by atoms with E-state index in [2.05, 4.69) is 4.98 Å². The van der Waals surface area contributed by atoms with Gasteiger partial charge in [0.2, 0.25) is 0 Å². The largest absolute Gasteiger partial charge is 0.329 e. The Morgan fingerprint density at radius 3 is 2.67 bits per heavy atom. The molecule has 0 bridgehead atoms. The van der Waals surface area contributed by atoms with E-state index in [0.29, 0.717) is 18.4 Å². The maximum Gasteiger partial charge on any atom is 0.329 e. The van der Waals surface area contributed by atoms with Gasteiger partial charge in [0.15, 0.2) is 0 Å². The number of nitrogens with one attached hydrogen (secondary N) is 1. The van der Waals surface area contributed by atoms with Crippen molar-refractivity contribution in [3.8, 4) is 0 Å². The van der Waals surface area contributed by atoms with E-state index in [0.717, 1.165) is 6.42 Å². The van der Waals surface area contributed by atoms with Crippen molar-refractivity contribution in [3.63, 3.8) is 0 Å². The van der Waals surface area contributed by atoms with E-state index in [1.165, 1.54) is 14.3 Å². The van der Waals surface area contributed by atoms with Gasteiger partial charge in [-0.15, -0.1) is 11.3 Å². The van der Waals surface area contributed by atoms with Crippen LogP contribution in [-0.2, 0) is 12.8 Å². The normalized spacial score (nSPS) is 12.6. The zero-order chi connectivity index (χ0) is 15.6. The van der Waals surface area contributed by atoms with Gasteiger partial charge in [0.25, 0.3) is 5.56 Å². The van der Waals surface area contributed by atoms with E-state index in [1.807, 2.05) is 32.9 Å². The standard InChI is InChI=1S/C15H19ClN2O2S/c1-4-5-12-13(16)17-15(20)18(14(12)19)9(2)8-11-7-6-10(3)21-11/h6-7,9H,4-5,8H2,1-3H3,(H,17,20). The fraction of sp³-hybridized carbons (Fsp3) is 0.467. The van der Waals surface area contributed by atoms with Crippen LogP contribution < -0.4 is 11.2 Å². The summed E-state index contributed by atoms with van der Waals surface area (Å²) in [4.78, 5) is 29.5. The monoisotopic (exact) mass is 326 g/mol. The summed E-state index contributed by atoms with van der Waals surface area (Å²) in [6.07, 6.45) is 2.04. The van der Waals surface area contributed by atoms with Crippen molar-refractivity contribution in [2.75, 3.05) is 0 Å². The molecule has 0 saturated heterocycles. The lowest BCUT2D eigenvalue weighted by molar-refractivity contribution is 0.499. The van der Waals surface area contributed by atoms with Crippen LogP contribution >= 0.6 is 22.9 Å². The van der Waals surface area contributed by atoms with Gasteiger partial charge >= 0.3 is 5.69 Å². The predicted octanol–water partition coefficient (Wildman–Crippen LogP) is 3.32. The molecule has 114 valence electrons. The second-order valence-electron chi connectivity index (χ2n) is 5.21. The van der Waals surface area contributed by atoms with Crippen molar-refractivity contribution in [2.24, 2.45) is 0 Å². The second kappa shape index (κ2) is 6.62. The molecule has 2 rings (SSSR count). The van der Waals surface area contributed by atoms with Gasteiger partial charge in [-0.05, 0) is 32.4 Å². The van der Waals surface area contributed by atoms with Gasteiger partial charge in [0.05, 0.1) is 5.56 Å². The van der Waals surface area contributed by atoms with Crippen LogP contribution in [0.3, 0.4) is 0 Å². The molecule has 4 nitrogen and oxygen atoms in total. The van der Waals surface area contributed by atoms with Crippen molar-refractivity contribution < 1.29 is 0 Å². The SMILES string of the molecule is CCCc1c(Cl)[nH]c(=O)n(C(C)Cc2ccc(C)s2)c1=O. The van der Waals surface area contributed by atoms with Crippen LogP contribution in [0.15, 0.2) is 21.7 Å². The summed E-state index contributed by atoms with van der Waals surface area (Å²) in [7, 11) is 0. The molecule has 0 aliphatic rings. The van der Waals surface area contributed by atoms with Crippen molar-refractivity contribution in [1.29, 1.82) is 0 Å². The molecule has 1 N–H and O–H groups in total. The molecular formula is C15H19ClN2O2S. The Labute approximate surface area is 132 Å². The molecule has 2 aromatic heterocycles. The predicted molar refractivity (Wildman–Crippen MR) is 87.8 cm³/mol. The highest BCUT2D eigenvalue weighted by molar-refractivity contribution is 7.11. The molecule has 21 heavy (non-hydrogen) atoms. The van der Waals surface area contributed by atoms with Crippen LogP contribution in [0.1, 0.15) is 41.6 Å². The third kappa shape index (κ3) is 3.47. The summed E-state index contributed by atoms with van der Waals surface area (Å²) in [6.45, 7) is 5.90. The van der Waals surface area contributed by atoms with E-state index in [9.17, 15) is 9.59 Å². The molecule has 6 heteroatoms. The number of thiophene rings is 1. The Balaban J connectivity index is 2.40. The first-order valence-corrected chi connectivity index (χ1v) is 8.22. The summed E-state index contributed by atoms with van der Waals surface area (Å²) < 4.78 is 1.28. The third-order valence-electron chi connectivity index (χ3n) is 3.41. The summed E-state index contributed by atoms with van der Waals surface area (Å²) >= 11 is 7.67. The Morgan fingerprint density at radius 2 is 2.10 bits per heavy atom. The fourth-order valence-electron chi connectivity index (χ4n) is 2.41. The maximum atomic E-state index is 12.5. The lowest BCUT2D eigenvalue weighted by Crippen LogP contribution is -2.39. The van der Waals surface area contributed by atoms with E-state index < -0.39 is 5.69 Å². The lowest BCUT2D eigenvalue weighted by Gasteiger charge is -2.15. The molecule has 2 heterocycles. The molecule has 0 spiro atoms. The molecular weight excluding hydrogens is 308 g/mol. The van der Waals surface area contributed by atoms with E-state index in [-0.39, 0.29) is 16.8 Å². The molecule has 0 aliphatic heterocycles. The van der Waals surface area contributed by atoms with Crippen molar-refractivity contribution in [3.05, 3.63) is 53.4 Å². The minimum Gasteiger partial charge on any atom is -0.297 e. The number of aryl methyl sites for hydroxylation is 1. The summed E-state index contributed by atoms with van der Waals surface area (Å²) in [5.74, 6) is 0. The molecule has 2 aromatic rings. The van der Waals surface area contributed by atoms with Crippen LogP contribution in [-0.4, -0.2) is 9.55 Å². The van der Waals surface area contributed by atoms with Gasteiger partial charge < -0.3 is 0 Å². The Kier molecular flexibility index (Phi) is 5.06. The fourth-order valence-corrected chi connectivity index (χ4v) is 3.67. The van der Waals surface area contributed by atoms with Crippen LogP contribution in [0, 0.1) is 6.92 Å². The maximum absolute atomic E-state index is 12.5. The molecule has 0 fully saturated rings.